The van der Waals surface area contributed by atoms with E-state index in [0.717, 1.165) is 34.3 Å². The van der Waals surface area contributed by atoms with Crippen LogP contribution in [0.3, 0.4) is 0 Å². The lowest BCUT2D eigenvalue weighted by Crippen LogP contribution is -2.78. The maximum Gasteiger partial charge on any atom is 0.352 e. The highest BCUT2D eigenvalue weighted by molar-refractivity contribution is 8.05. The molecule has 1 unspecified atom stereocenters. The first-order valence-corrected chi connectivity index (χ1v) is 19.3. The number of aromatic nitrogens is 6. The number of imide groups is 1. The largest absolute Gasteiger partial charge is 0.477 e. The van der Waals surface area contributed by atoms with Crippen molar-refractivity contribution in [2.24, 2.45) is 0 Å². The van der Waals surface area contributed by atoms with Gasteiger partial charge in [-0.3, -0.25) is 14.5 Å². The van der Waals surface area contributed by atoms with Crippen LogP contribution in [0.1, 0.15) is 11.7 Å². The van der Waals surface area contributed by atoms with E-state index in [2.05, 4.69) is 36.2 Å². The Morgan fingerprint density at radius 1 is 1.23 bits per heavy atom. The van der Waals surface area contributed by atoms with Crippen LogP contribution < -0.4 is 10.6 Å². The van der Waals surface area contributed by atoms with Crippen molar-refractivity contribution in [1.29, 1.82) is 0 Å². The average Bonchev–Trinajstić information content (AvgIpc) is 3.81. The van der Waals surface area contributed by atoms with E-state index in [0.29, 0.717) is 25.5 Å². The van der Waals surface area contributed by atoms with Gasteiger partial charge in [-0.2, -0.15) is 0 Å². The minimum atomic E-state index is -3.92. The lowest BCUT2D eigenvalue weighted by atomic mass is 10.0. The number of thioether (sulfide) groups is 3. The highest BCUT2D eigenvalue weighted by atomic mass is 32.2. The van der Waals surface area contributed by atoms with Gasteiger partial charge >= 0.3 is 18.0 Å². The number of carboxylic acid groups (broad SMARTS) is 1. The zero-order valence-electron chi connectivity index (χ0n) is 24.2. The predicted molar refractivity (Wildman–Crippen MR) is 168 cm³/mol. The Kier molecular flexibility index (Phi) is 8.79. The van der Waals surface area contributed by atoms with Crippen LogP contribution in [0, 0.1) is 0 Å². The Balaban J connectivity index is 1.20. The molecule has 0 aliphatic carbocycles. The van der Waals surface area contributed by atoms with Crippen molar-refractivity contribution in [2.75, 3.05) is 37.1 Å². The molecule has 248 valence electrons. The number of carbonyl (C=O) groups excluding carboxylic acids is 4. The van der Waals surface area contributed by atoms with Gasteiger partial charge in [-0.25, -0.2) is 37.0 Å². The van der Waals surface area contributed by atoms with Crippen LogP contribution in [0.25, 0.3) is 5.65 Å². The number of carboxylic acids is 1. The molecular formula is C23H23N11O8S5. The molecule has 0 saturated carbocycles. The van der Waals surface area contributed by atoms with Gasteiger partial charge in [0.15, 0.2) is 16.6 Å². The minimum Gasteiger partial charge on any atom is -0.477 e. The molecule has 3 aliphatic rings. The Labute approximate surface area is 281 Å². The molecule has 3 aromatic rings. The monoisotopic (exact) mass is 741 g/mol. The second-order valence-electron chi connectivity index (χ2n) is 10.1. The number of hydrogen-bond donors (Lipinski definition) is 3. The average molecular weight is 742 g/mol. The molecule has 0 aromatic carbocycles. The van der Waals surface area contributed by atoms with Gasteiger partial charge < -0.3 is 15.7 Å². The van der Waals surface area contributed by atoms with Crippen LogP contribution in [0.4, 0.5) is 9.59 Å². The van der Waals surface area contributed by atoms with Crippen molar-refractivity contribution in [1.82, 2.24) is 55.0 Å². The van der Waals surface area contributed by atoms with Gasteiger partial charge in [-0.1, -0.05) is 0 Å². The molecule has 47 heavy (non-hydrogen) atoms. The third kappa shape index (κ3) is 5.87. The van der Waals surface area contributed by atoms with E-state index in [1.165, 1.54) is 39.0 Å². The molecule has 24 heteroatoms. The van der Waals surface area contributed by atoms with Gasteiger partial charge in [0, 0.05) is 16.9 Å². The molecular weight excluding hydrogens is 719 g/mol. The smallest absolute Gasteiger partial charge is 0.352 e. The van der Waals surface area contributed by atoms with E-state index in [-0.39, 0.29) is 36.0 Å². The molecule has 6 rings (SSSR count). The van der Waals surface area contributed by atoms with Gasteiger partial charge in [-0.05, 0) is 34.4 Å². The highest BCUT2D eigenvalue weighted by Gasteiger charge is 2.65. The Hall–Kier alpha value is -4.00. The van der Waals surface area contributed by atoms with Crippen LogP contribution in [0.2, 0.25) is 0 Å². The molecule has 6 heterocycles. The summed E-state index contributed by atoms with van der Waals surface area (Å²) >= 11 is 4.65. The van der Waals surface area contributed by atoms with Crippen LogP contribution in [-0.2, 0) is 24.4 Å². The molecule has 3 aliphatic heterocycles. The number of tetrazole rings is 1. The van der Waals surface area contributed by atoms with E-state index >= 15 is 0 Å². The minimum absolute atomic E-state index is 0.113. The first-order valence-electron chi connectivity index (χ1n) is 13.3. The van der Waals surface area contributed by atoms with E-state index in [1.807, 2.05) is 0 Å². The van der Waals surface area contributed by atoms with Gasteiger partial charge in [0.05, 0.1) is 30.5 Å². The number of rotatable bonds is 10. The van der Waals surface area contributed by atoms with Crippen molar-refractivity contribution in [3.05, 3.63) is 40.0 Å². The van der Waals surface area contributed by atoms with E-state index in [1.54, 1.807) is 18.4 Å². The Morgan fingerprint density at radius 2 is 2.02 bits per heavy atom. The predicted octanol–water partition coefficient (Wildman–Crippen LogP) is -0.355. The maximum absolute atomic E-state index is 13.8. The molecule has 0 radical (unpaired) electrons. The third-order valence-electron chi connectivity index (χ3n) is 7.28. The van der Waals surface area contributed by atoms with Crippen molar-refractivity contribution in [3.63, 3.8) is 0 Å². The Bertz CT molecular complexity index is 1940. The van der Waals surface area contributed by atoms with Crippen molar-refractivity contribution in [2.45, 2.75) is 21.3 Å². The summed E-state index contributed by atoms with van der Waals surface area (Å²) in [7, 11) is -3.92. The summed E-state index contributed by atoms with van der Waals surface area (Å²) in [6.45, 7) is -0.486. The first-order chi connectivity index (χ1) is 22.4. The second kappa shape index (κ2) is 12.6. The van der Waals surface area contributed by atoms with Crippen LogP contribution in [-0.4, -0.2) is 135 Å². The fourth-order valence-electron chi connectivity index (χ4n) is 5.03. The van der Waals surface area contributed by atoms with Crippen LogP contribution >= 0.6 is 46.6 Å². The number of hydrogen-bond acceptors (Lipinski definition) is 16. The maximum atomic E-state index is 13.8. The highest BCUT2D eigenvalue weighted by Crippen LogP contribution is 2.51. The van der Waals surface area contributed by atoms with E-state index in [4.69, 9.17) is 0 Å². The lowest BCUT2D eigenvalue weighted by Gasteiger charge is -2.56. The van der Waals surface area contributed by atoms with Crippen molar-refractivity contribution >= 4 is 92.1 Å². The van der Waals surface area contributed by atoms with E-state index < -0.39 is 56.2 Å². The lowest BCUT2D eigenvalue weighted by molar-refractivity contribution is -0.153. The topological polar surface area (TPSA) is 242 Å². The SMILES string of the molecule is CS[C@@]1(NC(=O)C(NC(=O)N2CCN(S(C)(=O)=O)C2=O)c2cscn2)C(=O)N2C(C(=O)O)=C(CSc3ccc4nnnn4n3)CS[C@H]21. The van der Waals surface area contributed by atoms with Crippen LogP contribution in [0.15, 0.2) is 39.3 Å². The Morgan fingerprint density at radius 3 is 2.68 bits per heavy atom. The zero-order chi connectivity index (χ0) is 33.7. The van der Waals surface area contributed by atoms with Crippen molar-refractivity contribution in [3.8, 4) is 0 Å². The van der Waals surface area contributed by atoms with Gasteiger partial charge in [0.1, 0.15) is 16.1 Å². The van der Waals surface area contributed by atoms with Crippen LogP contribution in [0.5, 0.6) is 0 Å². The summed E-state index contributed by atoms with van der Waals surface area (Å²) in [5, 5.41) is 31.9. The standard InChI is InChI=1S/C23H23N11O8S5/c1-43-23(26-17(35)15(12-9-44-10-24-12)25-21(39)31-5-6-32(22(31)40)47(2,41)42)19(38)33-16(18(36)37)11(8-46-20(23)33)7-45-14-4-3-13-27-29-30-34(13)28-14/h3-4,9-10,15,20H,5-8H2,1-2H3,(H,25,39)(H,26,35)(H,36,37)/t15?,20-,23-/m0/s1. The number of urea groups is 2. The fraction of sp³-hybridized carbons (Fsp3) is 0.391. The number of nitrogens with one attached hydrogen (secondary N) is 2. The molecule has 3 N–H and O–H groups in total. The number of fused-ring (bicyclic) bond motifs is 2. The number of sulfonamides is 1. The summed E-state index contributed by atoms with van der Waals surface area (Å²) < 4.78 is 25.6. The quantitative estimate of drug-likeness (QED) is 0.137. The van der Waals surface area contributed by atoms with E-state index in [9.17, 15) is 37.5 Å². The molecule has 3 aromatic heterocycles. The van der Waals surface area contributed by atoms with Gasteiger partial charge in [-0.15, -0.1) is 61.4 Å². The summed E-state index contributed by atoms with van der Waals surface area (Å²) in [5.41, 5.74) is 2.26. The number of thiazole rings is 1. The number of β-lactam (4-membered cyclic amide) rings is 1. The van der Waals surface area contributed by atoms with Gasteiger partial charge in [0.25, 0.3) is 11.8 Å². The fourth-order valence-corrected chi connectivity index (χ4v) is 10.0. The third-order valence-corrected chi connectivity index (χ3v) is 12.7. The summed E-state index contributed by atoms with van der Waals surface area (Å²) in [4.78, 5) is 70.1. The molecule has 6 amide bonds. The first kappa shape index (κ1) is 32.9. The number of aliphatic carboxylic acids is 1. The molecule has 2 fully saturated rings. The summed E-state index contributed by atoms with van der Waals surface area (Å²) in [6, 6.07) is -0.220. The molecule has 3 atom stereocenters. The normalized spacial score (nSPS) is 21.9. The summed E-state index contributed by atoms with van der Waals surface area (Å²) in [6.07, 6.45) is 2.43. The molecule has 2 saturated heterocycles. The number of amides is 6. The molecule has 19 nitrogen and oxygen atoms in total. The molecule has 0 bridgehead atoms. The van der Waals surface area contributed by atoms with Gasteiger partial charge in [0.2, 0.25) is 10.0 Å². The second-order valence-corrected chi connectivity index (χ2v) is 15.8. The van der Waals surface area contributed by atoms with Crippen molar-refractivity contribution < 1.29 is 37.5 Å². The zero-order valence-corrected chi connectivity index (χ0v) is 28.2. The number of carbonyl (C=O) groups is 5. The number of nitrogens with zero attached hydrogens (tertiary/aromatic N) is 9. The summed E-state index contributed by atoms with van der Waals surface area (Å²) in [5.74, 6) is -2.39. The molecule has 0 spiro atoms.